The van der Waals surface area contributed by atoms with Crippen molar-refractivity contribution in [1.82, 2.24) is 10.2 Å². The second-order valence-electron chi connectivity index (χ2n) is 5.02. The van der Waals surface area contributed by atoms with Crippen molar-refractivity contribution in [1.29, 1.82) is 0 Å². The highest BCUT2D eigenvalue weighted by Crippen LogP contribution is 2.29. The van der Waals surface area contributed by atoms with Crippen molar-refractivity contribution in [2.45, 2.75) is 31.3 Å². The van der Waals surface area contributed by atoms with Crippen molar-refractivity contribution in [3.05, 3.63) is 35.9 Å². The molecule has 0 aromatic heterocycles. The summed E-state index contributed by atoms with van der Waals surface area (Å²) in [7, 11) is 1.59. The summed E-state index contributed by atoms with van der Waals surface area (Å²) in [6, 6.07) is 7.97. The van der Waals surface area contributed by atoms with E-state index in [-0.39, 0.29) is 11.9 Å². The lowest BCUT2D eigenvalue weighted by molar-refractivity contribution is -0.147. The number of amides is 1. The number of carboxylic acid groups (broad SMARTS) is 1. The van der Waals surface area contributed by atoms with Gasteiger partial charge in [0.2, 0.25) is 5.91 Å². The van der Waals surface area contributed by atoms with Crippen LogP contribution in [0.1, 0.15) is 30.9 Å². The molecule has 0 bridgehead atoms. The van der Waals surface area contributed by atoms with Crippen LogP contribution in [0.4, 0.5) is 0 Å². The molecular weight excluding hydrogens is 256 g/mol. The van der Waals surface area contributed by atoms with E-state index in [4.69, 9.17) is 0 Å². The summed E-state index contributed by atoms with van der Waals surface area (Å²) in [5.41, 5.74) is 0.718. The molecule has 20 heavy (non-hydrogen) atoms. The lowest BCUT2D eigenvalue weighted by atomic mass is 9.95. The summed E-state index contributed by atoms with van der Waals surface area (Å²) in [6.07, 6.45) is 2.58. The fourth-order valence-electron chi connectivity index (χ4n) is 2.82. The number of likely N-dealkylation sites (N-methyl/N-ethyl adjacent to an activating group) is 1. The highest BCUT2D eigenvalue weighted by molar-refractivity contribution is 5.83. The Balaban J connectivity index is 2.31. The van der Waals surface area contributed by atoms with E-state index in [2.05, 4.69) is 5.32 Å². The first-order valence-corrected chi connectivity index (χ1v) is 6.90. The zero-order valence-electron chi connectivity index (χ0n) is 11.6. The predicted octanol–water partition coefficient (Wildman–Crippen LogP) is 1.41. The molecule has 1 amide bonds. The van der Waals surface area contributed by atoms with E-state index in [9.17, 15) is 14.7 Å². The summed E-state index contributed by atoms with van der Waals surface area (Å²) < 4.78 is 0. The van der Waals surface area contributed by atoms with Gasteiger partial charge in [-0.25, -0.2) is 0 Å². The summed E-state index contributed by atoms with van der Waals surface area (Å²) in [5, 5.41) is 12.2. The van der Waals surface area contributed by atoms with Crippen LogP contribution >= 0.6 is 0 Å². The van der Waals surface area contributed by atoms with Gasteiger partial charge in [-0.05, 0) is 18.4 Å². The molecule has 1 saturated heterocycles. The molecule has 1 aliphatic rings. The van der Waals surface area contributed by atoms with Crippen LogP contribution in [0.3, 0.4) is 0 Å². The molecule has 2 N–H and O–H groups in total. The number of nitrogens with one attached hydrogen (secondary N) is 1. The molecule has 108 valence electrons. The van der Waals surface area contributed by atoms with E-state index in [0.29, 0.717) is 13.0 Å². The fraction of sp³-hybridized carbons (Fsp3) is 0.467. The van der Waals surface area contributed by atoms with Gasteiger partial charge < -0.3 is 10.4 Å². The number of rotatable bonds is 4. The van der Waals surface area contributed by atoms with Gasteiger partial charge in [-0.1, -0.05) is 36.8 Å². The van der Waals surface area contributed by atoms with Gasteiger partial charge in [0.25, 0.3) is 0 Å². The number of hydrogen-bond donors (Lipinski definition) is 2. The van der Waals surface area contributed by atoms with Crippen LogP contribution < -0.4 is 5.32 Å². The molecule has 1 aliphatic heterocycles. The van der Waals surface area contributed by atoms with Gasteiger partial charge in [-0.2, -0.15) is 0 Å². The normalized spacial score (nSPS) is 21.1. The Bertz CT molecular complexity index is 475. The van der Waals surface area contributed by atoms with Crippen LogP contribution in [0.5, 0.6) is 0 Å². The zero-order chi connectivity index (χ0) is 14.5. The van der Waals surface area contributed by atoms with E-state index in [1.54, 1.807) is 24.1 Å². The van der Waals surface area contributed by atoms with Gasteiger partial charge >= 0.3 is 5.97 Å². The van der Waals surface area contributed by atoms with E-state index >= 15 is 0 Å². The van der Waals surface area contributed by atoms with Gasteiger partial charge in [-0.3, -0.25) is 14.5 Å². The number of carbonyl (C=O) groups excluding carboxylic acids is 1. The van der Waals surface area contributed by atoms with Gasteiger partial charge in [0, 0.05) is 13.6 Å². The standard InChI is InChI=1S/C15H20N2O3/c1-16-14(18)12-9-5-6-10-17(12)13(15(19)20)11-7-3-2-4-8-11/h2-4,7-8,12-13H,5-6,9-10H2,1H3,(H,16,18)(H,19,20). The van der Waals surface area contributed by atoms with Crippen molar-refractivity contribution >= 4 is 11.9 Å². The SMILES string of the molecule is CNC(=O)C1CCCCN1C(C(=O)O)c1ccccc1. The van der Waals surface area contributed by atoms with E-state index in [1.807, 2.05) is 18.2 Å². The van der Waals surface area contributed by atoms with Crippen LogP contribution in [0.25, 0.3) is 0 Å². The van der Waals surface area contributed by atoms with E-state index in [1.165, 1.54) is 0 Å². The molecule has 0 saturated carbocycles. The van der Waals surface area contributed by atoms with Crippen LogP contribution in [-0.2, 0) is 9.59 Å². The third-order valence-corrected chi connectivity index (χ3v) is 3.77. The number of aliphatic carboxylic acids is 1. The largest absolute Gasteiger partial charge is 0.480 e. The minimum Gasteiger partial charge on any atom is -0.480 e. The fourth-order valence-corrected chi connectivity index (χ4v) is 2.82. The maximum atomic E-state index is 12.0. The molecule has 0 aliphatic carbocycles. The minimum atomic E-state index is -0.910. The molecule has 1 heterocycles. The Morgan fingerprint density at radius 3 is 2.60 bits per heavy atom. The lowest BCUT2D eigenvalue weighted by Gasteiger charge is -2.38. The molecule has 1 aromatic rings. The Morgan fingerprint density at radius 1 is 1.30 bits per heavy atom. The monoisotopic (exact) mass is 276 g/mol. The predicted molar refractivity (Wildman–Crippen MR) is 75.2 cm³/mol. The van der Waals surface area contributed by atoms with E-state index in [0.717, 1.165) is 18.4 Å². The first kappa shape index (κ1) is 14.5. The molecule has 1 fully saturated rings. The molecule has 2 atom stereocenters. The number of nitrogens with zero attached hydrogens (tertiary/aromatic N) is 1. The van der Waals surface area contributed by atoms with Gasteiger partial charge in [0.15, 0.2) is 0 Å². The molecule has 5 nitrogen and oxygen atoms in total. The molecule has 2 rings (SSSR count). The third kappa shape index (κ3) is 2.99. The molecule has 0 radical (unpaired) electrons. The molecule has 0 spiro atoms. The maximum absolute atomic E-state index is 12.0. The second kappa shape index (κ2) is 6.52. The number of hydrogen-bond acceptors (Lipinski definition) is 3. The third-order valence-electron chi connectivity index (χ3n) is 3.77. The van der Waals surface area contributed by atoms with Crippen molar-refractivity contribution in [3.63, 3.8) is 0 Å². The number of piperidine rings is 1. The average molecular weight is 276 g/mol. The first-order chi connectivity index (χ1) is 9.65. The number of carboxylic acids is 1. The quantitative estimate of drug-likeness (QED) is 0.872. The van der Waals surface area contributed by atoms with Crippen molar-refractivity contribution in [2.75, 3.05) is 13.6 Å². The topological polar surface area (TPSA) is 69.6 Å². The van der Waals surface area contributed by atoms with Gasteiger partial charge in [0.05, 0.1) is 6.04 Å². The highest BCUT2D eigenvalue weighted by Gasteiger charge is 2.37. The number of benzene rings is 1. The maximum Gasteiger partial charge on any atom is 0.325 e. The molecule has 1 aromatic carbocycles. The Hall–Kier alpha value is -1.88. The summed E-state index contributed by atoms with van der Waals surface area (Å²) >= 11 is 0. The van der Waals surface area contributed by atoms with Crippen molar-refractivity contribution in [2.24, 2.45) is 0 Å². The van der Waals surface area contributed by atoms with Crippen LogP contribution in [0, 0.1) is 0 Å². The average Bonchev–Trinajstić information content (AvgIpc) is 2.48. The van der Waals surface area contributed by atoms with Gasteiger partial charge in [0.1, 0.15) is 6.04 Å². The smallest absolute Gasteiger partial charge is 0.325 e. The second-order valence-corrected chi connectivity index (χ2v) is 5.02. The first-order valence-electron chi connectivity index (χ1n) is 6.90. The molecule has 5 heteroatoms. The van der Waals surface area contributed by atoms with E-state index < -0.39 is 12.0 Å². The summed E-state index contributed by atoms with van der Waals surface area (Å²) in [4.78, 5) is 25.5. The van der Waals surface area contributed by atoms with Crippen molar-refractivity contribution < 1.29 is 14.7 Å². The summed E-state index contributed by atoms with van der Waals surface area (Å²) in [5.74, 6) is -1.01. The van der Waals surface area contributed by atoms with Crippen molar-refractivity contribution in [3.8, 4) is 0 Å². The Kier molecular flexibility index (Phi) is 4.74. The highest BCUT2D eigenvalue weighted by atomic mass is 16.4. The minimum absolute atomic E-state index is 0.105. The Morgan fingerprint density at radius 2 is 2.00 bits per heavy atom. The number of likely N-dealkylation sites (tertiary alicyclic amines) is 1. The Labute approximate surface area is 118 Å². The number of carbonyl (C=O) groups is 2. The van der Waals surface area contributed by atoms with Crippen LogP contribution in [0.15, 0.2) is 30.3 Å². The molecular formula is C15H20N2O3. The lowest BCUT2D eigenvalue weighted by Crippen LogP contribution is -2.51. The van der Waals surface area contributed by atoms with Crippen LogP contribution in [0.2, 0.25) is 0 Å². The van der Waals surface area contributed by atoms with Crippen LogP contribution in [-0.4, -0.2) is 41.5 Å². The molecule has 2 unspecified atom stereocenters. The summed E-state index contributed by atoms with van der Waals surface area (Å²) in [6.45, 7) is 0.629. The van der Waals surface area contributed by atoms with Gasteiger partial charge in [-0.15, -0.1) is 0 Å². The zero-order valence-corrected chi connectivity index (χ0v) is 11.6.